The van der Waals surface area contributed by atoms with E-state index in [1.165, 1.54) is 36.4 Å². The van der Waals surface area contributed by atoms with E-state index in [1.807, 2.05) is 0 Å². The Labute approximate surface area is 141 Å². The van der Waals surface area contributed by atoms with Crippen LogP contribution in [0.25, 0.3) is 5.76 Å². The van der Waals surface area contributed by atoms with Crippen molar-refractivity contribution < 1.29 is 24.5 Å². The van der Waals surface area contributed by atoms with Crippen molar-refractivity contribution in [1.29, 1.82) is 0 Å². The number of nitro benzene ring substituents is 1. The topological polar surface area (TPSA) is 110 Å². The summed E-state index contributed by atoms with van der Waals surface area (Å²) in [5.74, 6) is -1.76. The number of Topliss-reactive ketones (excluding diaryl/α,β-unsaturated/α-hetero) is 1. The normalized spacial score (nSPS) is 15.0. The number of hydroxylamine groups is 1. The molecule has 0 aliphatic carbocycles. The van der Waals surface area contributed by atoms with Crippen LogP contribution in [0.5, 0.6) is 0 Å². The predicted molar refractivity (Wildman–Crippen MR) is 86.8 cm³/mol. The fraction of sp³-hybridized carbons (Fsp3) is 0.0588. The van der Waals surface area contributed by atoms with Crippen LogP contribution < -0.4 is 5.06 Å². The summed E-state index contributed by atoms with van der Waals surface area (Å²) in [5.41, 5.74) is -0.402. The molecule has 0 fully saturated rings. The second-order valence-electron chi connectivity index (χ2n) is 5.20. The van der Waals surface area contributed by atoms with Gasteiger partial charge in [0.15, 0.2) is 11.5 Å². The zero-order valence-electron chi connectivity index (χ0n) is 13.0. The largest absolute Gasteiger partial charge is 0.423 e. The minimum absolute atomic E-state index is 0.0853. The van der Waals surface area contributed by atoms with Gasteiger partial charge in [0, 0.05) is 13.0 Å². The quantitative estimate of drug-likeness (QED) is 0.301. The van der Waals surface area contributed by atoms with Gasteiger partial charge in [0.1, 0.15) is 0 Å². The van der Waals surface area contributed by atoms with Gasteiger partial charge < -0.3 is 4.74 Å². The van der Waals surface area contributed by atoms with Gasteiger partial charge in [-0.15, -0.1) is 0 Å². The predicted octanol–water partition coefficient (Wildman–Crippen LogP) is 2.92. The number of fused-ring (bicyclic) bond motifs is 1. The molecule has 126 valence electrons. The maximum atomic E-state index is 12.7. The number of allylic oxidation sites excluding steroid dienone is 1. The first-order valence-corrected chi connectivity index (χ1v) is 7.21. The van der Waals surface area contributed by atoms with E-state index in [4.69, 9.17) is 4.74 Å². The molecule has 8 nitrogen and oxygen atoms in total. The van der Waals surface area contributed by atoms with Gasteiger partial charge in [-0.1, -0.05) is 24.3 Å². The molecule has 25 heavy (non-hydrogen) atoms. The molecule has 1 N–H and O–H groups in total. The number of hydrogen-bond donors (Lipinski definition) is 1. The van der Waals surface area contributed by atoms with Crippen LogP contribution in [0.4, 0.5) is 11.4 Å². The van der Waals surface area contributed by atoms with Gasteiger partial charge in [0.25, 0.3) is 5.69 Å². The molecular weight excluding hydrogens is 328 g/mol. The summed E-state index contributed by atoms with van der Waals surface area (Å²) in [5, 5.41) is 22.2. The lowest BCUT2D eigenvalue weighted by Gasteiger charge is -2.16. The first kappa shape index (κ1) is 16.3. The average Bonchev–Trinajstić information content (AvgIpc) is 2.84. The number of anilines is 1. The van der Waals surface area contributed by atoms with E-state index in [-0.39, 0.29) is 34.0 Å². The SMILES string of the molecule is CC(=O)OC(=C1C(=O)c2ccccc2N1O)c1ccccc1[N+](=O)[O-]. The second kappa shape index (κ2) is 6.17. The lowest BCUT2D eigenvalue weighted by atomic mass is 10.1. The van der Waals surface area contributed by atoms with E-state index in [0.717, 1.165) is 6.92 Å². The Balaban J connectivity index is 2.28. The lowest BCUT2D eigenvalue weighted by molar-refractivity contribution is -0.385. The van der Waals surface area contributed by atoms with E-state index < -0.39 is 16.7 Å². The van der Waals surface area contributed by atoms with E-state index in [1.54, 1.807) is 12.1 Å². The molecule has 0 aromatic heterocycles. The number of carbonyl (C=O) groups is 2. The summed E-state index contributed by atoms with van der Waals surface area (Å²) < 4.78 is 5.10. The van der Waals surface area contributed by atoms with Crippen LogP contribution in [-0.4, -0.2) is 21.9 Å². The van der Waals surface area contributed by atoms with E-state index in [0.29, 0.717) is 5.06 Å². The highest BCUT2D eigenvalue weighted by atomic mass is 16.6. The standard InChI is InChI=1S/C17H12N2O6/c1-10(20)25-17(12-7-3-5-9-14(12)19(23)24)15-16(21)11-6-2-4-8-13(11)18(15)22/h2-9,22H,1H3. The molecule has 0 amide bonds. The number of ketones is 1. The first-order chi connectivity index (χ1) is 11.9. The summed E-state index contributed by atoms with van der Waals surface area (Å²) in [6.45, 7) is 1.10. The molecule has 0 unspecified atom stereocenters. The Kier molecular flexibility index (Phi) is 4.04. The van der Waals surface area contributed by atoms with E-state index >= 15 is 0 Å². The van der Waals surface area contributed by atoms with Crippen LogP contribution in [0.2, 0.25) is 0 Å². The molecule has 8 heteroatoms. The van der Waals surface area contributed by atoms with Crippen LogP contribution >= 0.6 is 0 Å². The molecule has 2 aromatic rings. The Morgan fingerprint density at radius 1 is 1.16 bits per heavy atom. The summed E-state index contributed by atoms with van der Waals surface area (Å²) >= 11 is 0. The summed E-state index contributed by atoms with van der Waals surface area (Å²) in [7, 11) is 0. The van der Waals surface area contributed by atoms with Crippen molar-refractivity contribution in [1.82, 2.24) is 0 Å². The van der Waals surface area contributed by atoms with Crippen molar-refractivity contribution >= 4 is 28.9 Å². The van der Waals surface area contributed by atoms with Gasteiger partial charge in [-0.25, -0.2) is 5.06 Å². The van der Waals surface area contributed by atoms with Gasteiger partial charge in [0.05, 0.1) is 21.7 Å². The molecule has 0 radical (unpaired) electrons. The van der Waals surface area contributed by atoms with Crippen molar-refractivity contribution in [2.75, 3.05) is 5.06 Å². The summed E-state index contributed by atoms with van der Waals surface area (Å²) in [4.78, 5) is 34.8. The number of esters is 1. The molecule has 1 aliphatic heterocycles. The molecule has 1 heterocycles. The number of hydrogen-bond acceptors (Lipinski definition) is 7. The zero-order chi connectivity index (χ0) is 18.1. The Morgan fingerprint density at radius 2 is 1.80 bits per heavy atom. The number of ether oxygens (including phenoxy) is 1. The van der Waals surface area contributed by atoms with Crippen LogP contribution in [-0.2, 0) is 9.53 Å². The molecule has 3 rings (SSSR count). The number of para-hydroxylation sites is 2. The molecule has 0 spiro atoms. The minimum Gasteiger partial charge on any atom is -0.423 e. The maximum Gasteiger partial charge on any atom is 0.308 e. The average molecular weight is 340 g/mol. The smallest absolute Gasteiger partial charge is 0.308 e. The molecular formula is C17H12N2O6. The van der Waals surface area contributed by atoms with Crippen LogP contribution in [0, 0.1) is 10.1 Å². The van der Waals surface area contributed by atoms with Crippen molar-refractivity contribution in [3.8, 4) is 0 Å². The van der Waals surface area contributed by atoms with Gasteiger partial charge >= 0.3 is 5.97 Å². The van der Waals surface area contributed by atoms with E-state index in [9.17, 15) is 24.9 Å². The van der Waals surface area contributed by atoms with Crippen LogP contribution in [0.1, 0.15) is 22.8 Å². The summed E-state index contributed by atoms with van der Waals surface area (Å²) in [6.07, 6.45) is 0. The molecule has 2 aromatic carbocycles. The third-order valence-electron chi connectivity index (χ3n) is 3.61. The number of benzene rings is 2. The molecule has 0 saturated carbocycles. The highest BCUT2D eigenvalue weighted by Gasteiger charge is 2.37. The van der Waals surface area contributed by atoms with E-state index in [2.05, 4.69) is 0 Å². The zero-order valence-corrected chi connectivity index (χ0v) is 13.0. The monoisotopic (exact) mass is 340 g/mol. The number of carbonyl (C=O) groups excluding carboxylic acids is 2. The van der Waals surface area contributed by atoms with Crippen LogP contribution in [0.3, 0.4) is 0 Å². The van der Waals surface area contributed by atoms with Crippen molar-refractivity contribution in [3.63, 3.8) is 0 Å². The highest BCUT2D eigenvalue weighted by molar-refractivity contribution is 6.22. The van der Waals surface area contributed by atoms with Crippen molar-refractivity contribution in [2.24, 2.45) is 0 Å². The van der Waals surface area contributed by atoms with Gasteiger partial charge in [-0.2, -0.15) is 0 Å². The molecule has 1 aliphatic rings. The Morgan fingerprint density at radius 3 is 2.44 bits per heavy atom. The van der Waals surface area contributed by atoms with Gasteiger partial charge in [0.2, 0.25) is 5.78 Å². The lowest BCUT2D eigenvalue weighted by Crippen LogP contribution is -2.19. The summed E-state index contributed by atoms with van der Waals surface area (Å²) in [6, 6.07) is 11.7. The molecule has 0 atom stereocenters. The van der Waals surface area contributed by atoms with Gasteiger partial charge in [-0.3, -0.25) is 24.9 Å². The first-order valence-electron chi connectivity index (χ1n) is 7.21. The van der Waals surface area contributed by atoms with Gasteiger partial charge in [-0.05, 0) is 18.2 Å². The van der Waals surface area contributed by atoms with Crippen LogP contribution in [0.15, 0.2) is 54.2 Å². The Hall–Kier alpha value is -3.52. The minimum atomic E-state index is -0.780. The number of rotatable bonds is 3. The fourth-order valence-electron chi connectivity index (χ4n) is 2.59. The molecule has 0 saturated heterocycles. The Bertz CT molecular complexity index is 934. The maximum absolute atomic E-state index is 12.7. The number of nitrogens with zero attached hydrogens (tertiary/aromatic N) is 2. The highest BCUT2D eigenvalue weighted by Crippen LogP contribution is 2.39. The van der Waals surface area contributed by atoms with Crippen molar-refractivity contribution in [2.45, 2.75) is 6.92 Å². The fourth-order valence-corrected chi connectivity index (χ4v) is 2.59. The third kappa shape index (κ3) is 2.74. The number of nitro groups is 1. The molecule has 0 bridgehead atoms. The second-order valence-corrected chi connectivity index (χ2v) is 5.20. The van der Waals surface area contributed by atoms with Crippen molar-refractivity contribution in [3.05, 3.63) is 75.5 Å². The third-order valence-corrected chi connectivity index (χ3v) is 3.61.